The van der Waals surface area contributed by atoms with Crippen molar-refractivity contribution >= 4 is 21.5 Å². The Labute approximate surface area is 189 Å². The maximum Gasteiger partial charge on any atom is 0 e. The first kappa shape index (κ1) is 27.3. The van der Waals surface area contributed by atoms with E-state index in [9.17, 15) is 0 Å². The molecule has 0 bridgehead atoms. The van der Waals surface area contributed by atoms with Crippen LogP contribution in [0.3, 0.4) is 0 Å². The molecule has 0 aliphatic rings. The van der Waals surface area contributed by atoms with E-state index in [1.807, 2.05) is 0 Å². The Morgan fingerprint density at radius 3 is 1.31 bits per heavy atom. The van der Waals surface area contributed by atoms with E-state index in [0.717, 1.165) is 6.42 Å². The van der Waals surface area contributed by atoms with Crippen molar-refractivity contribution < 1.29 is 50.7 Å². The minimum Gasteiger partial charge on any atom is -1.00 e. The summed E-state index contributed by atoms with van der Waals surface area (Å²) in [6, 6.07) is 25.7. The number of benzene rings is 2. The summed E-state index contributed by atoms with van der Waals surface area (Å²) in [7, 11) is 0. The Morgan fingerprint density at radius 1 is 0.692 bits per heavy atom. The second-order valence-electron chi connectivity index (χ2n) is 5.68. The molecular formula is C23H24Cl2Hf-6. The predicted molar refractivity (Wildman–Crippen MR) is 104 cm³/mol. The number of halogens is 2. The summed E-state index contributed by atoms with van der Waals surface area (Å²) in [4.78, 5) is 0. The standard InChI is InChI=1S/2C10H9.C3H6.2ClH.Hf/c2*1-8-6-9-4-2-3-5-10(9)7-8;1-3-2;;;/h2*2-7H,1H3;1-3H2;2*1H;/q2*-1;-2;;;/p-2. The molecule has 140 valence electrons. The molecule has 4 rings (SSSR count). The molecule has 0 aromatic heterocycles. The molecule has 4 aromatic rings. The zero-order valence-corrected chi connectivity index (χ0v) is 20.4. The third-order valence-electron chi connectivity index (χ3n) is 3.52. The summed E-state index contributed by atoms with van der Waals surface area (Å²) < 4.78 is 0. The molecule has 0 saturated heterocycles. The average molecular weight is 550 g/mol. The van der Waals surface area contributed by atoms with Crippen LogP contribution in [0.5, 0.6) is 0 Å². The zero-order valence-electron chi connectivity index (χ0n) is 15.3. The molecule has 4 aromatic carbocycles. The van der Waals surface area contributed by atoms with Crippen LogP contribution in [0, 0.1) is 27.7 Å². The Bertz CT molecular complexity index is 721. The van der Waals surface area contributed by atoms with E-state index >= 15 is 0 Å². The molecular weight excluding hydrogens is 526 g/mol. The van der Waals surface area contributed by atoms with Crippen molar-refractivity contribution in [1.29, 1.82) is 0 Å². The van der Waals surface area contributed by atoms with Crippen LogP contribution >= 0.6 is 0 Å². The van der Waals surface area contributed by atoms with Gasteiger partial charge in [0.15, 0.2) is 0 Å². The van der Waals surface area contributed by atoms with Crippen molar-refractivity contribution in [2.45, 2.75) is 20.3 Å². The van der Waals surface area contributed by atoms with Gasteiger partial charge in [-0.25, -0.2) is 0 Å². The number of fused-ring (bicyclic) bond motifs is 2. The first-order valence-electron chi connectivity index (χ1n) is 7.96. The monoisotopic (exact) mass is 550 g/mol. The van der Waals surface area contributed by atoms with E-state index in [4.69, 9.17) is 0 Å². The molecule has 0 atom stereocenters. The molecule has 3 heteroatoms. The Balaban J connectivity index is 0. The van der Waals surface area contributed by atoms with Gasteiger partial charge in [0.2, 0.25) is 0 Å². The largest absolute Gasteiger partial charge is 1.00 e. The van der Waals surface area contributed by atoms with Crippen LogP contribution in [-0.2, 0) is 25.8 Å². The van der Waals surface area contributed by atoms with Gasteiger partial charge in [0.25, 0.3) is 0 Å². The van der Waals surface area contributed by atoms with Gasteiger partial charge in [-0.05, 0) is 0 Å². The molecule has 0 heterocycles. The van der Waals surface area contributed by atoms with E-state index in [1.165, 1.54) is 32.7 Å². The molecule has 0 aliphatic heterocycles. The molecule has 0 radical (unpaired) electrons. The van der Waals surface area contributed by atoms with Crippen molar-refractivity contribution in [2.75, 3.05) is 0 Å². The van der Waals surface area contributed by atoms with Crippen LogP contribution in [0.15, 0.2) is 72.8 Å². The van der Waals surface area contributed by atoms with Crippen LogP contribution in [0.25, 0.3) is 21.5 Å². The van der Waals surface area contributed by atoms with E-state index in [1.54, 1.807) is 0 Å². The first-order valence-corrected chi connectivity index (χ1v) is 7.96. The van der Waals surface area contributed by atoms with E-state index < -0.39 is 0 Å². The summed E-state index contributed by atoms with van der Waals surface area (Å²) >= 11 is 0. The minimum absolute atomic E-state index is 0. The number of hydrogen-bond acceptors (Lipinski definition) is 0. The van der Waals surface area contributed by atoms with E-state index in [0.29, 0.717) is 0 Å². The van der Waals surface area contributed by atoms with Gasteiger partial charge in [-0.15, -0.1) is 81.2 Å². The summed E-state index contributed by atoms with van der Waals surface area (Å²) in [5, 5.41) is 5.39. The second-order valence-corrected chi connectivity index (χ2v) is 5.68. The number of rotatable bonds is 0. The predicted octanol–water partition coefficient (Wildman–Crippen LogP) is 0.784. The van der Waals surface area contributed by atoms with Gasteiger partial charge in [0.05, 0.1) is 0 Å². The SMILES string of the molecule is Cc1cc2ccccc2[cH-]1.Cc1cc2ccccc2[cH-]1.[CH2-]C[CH2-].[Cl-].[Cl-].[Hf]. The fourth-order valence-corrected chi connectivity index (χ4v) is 2.61. The van der Waals surface area contributed by atoms with Crippen LogP contribution < -0.4 is 24.8 Å². The minimum atomic E-state index is 0. The topological polar surface area (TPSA) is 0 Å². The van der Waals surface area contributed by atoms with Crippen LogP contribution in [0.1, 0.15) is 17.5 Å². The van der Waals surface area contributed by atoms with Gasteiger partial charge in [-0.1, -0.05) is 26.0 Å². The molecule has 0 N–H and O–H groups in total. The van der Waals surface area contributed by atoms with Crippen molar-refractivity contribution in [3.63, 3.8) is 0 Å². The zero-order chi connectivity index (χ0) is 16.7. The Kier molecular flexibility index (Phi) is 14.9. The second kappa shape index (κ2) is 14.2. The summed E-state index contributed by atoms with van der Waals surface area (Å²) in [6.45, 7) is 11.0. The maximum atomic E-state index is 3.38. The van der Waals surface area contributed by atoms with Crippen molar-refractivity contribution in [1.82, 2.24) is 0 Å². The Morgan fingerprint density at radius 2 is 1.00 bits per heavy atom. The summed E-state index contributed by atoms with van der Waals surface area (Å²) in [5.74, 6) is 0. The van der Waals surface area contributed by atoms with Gasteiger partial charge >= 0.3 is 0 Å². The third-order valence-corrected chi connectivity index (χ3v) is 3.52. The average Bonchev–Trinajstić information content (AvgIpc) is 3.08. The van der Waals surface area contributed by atoms with Crippen LogP contribution in [-0.4, -0.2) is 0 Å². The molecule has 0 amide bonds. The van der Waals surface area contributed by atoms with Gasteiger partial charge < -0.3 is 45.1 Å². The number of aryl methyl sites for hydroxylation is 2. The third kappa shape index (κ3) is 8.20. The van der Waals surface area contributed by atoms with E-state index in [-0.39, 0.29) is 50.7 Å². The summed E-state index contributed by atoms with van der Waals surface area (Å²) in [5.41, 5.74) is 2.70. The molecule has 26 heavy (non-hydrogen) atoms. The fraction of sp³-hybridized carbons (Fsp3) is 0.130. The Hall–Kier alpha value is -0.890. The van der Waals surface area contributed by atoms with Gasteiger partial charge in [0.1, 0.15) is 0 Å². The van der Waals surface area contributed by atoms with Gasteiger partial charge in [-0.2, -0.15) is 12.1 Å². The molecule has 0 spiro atoms. The normalized spacial score (nSPS) is 8.77. The smallest absolute Gasteiger partial charge is 0 e. The van der Waals surface area contributed by atoms with Gasteiger partial charge in [0, 0.05) is 25.8 Å². The van der Waals surface area contributed by atoms with Crippen LogP contribution in [0.4, 0.5) is 0 Å². The van der Waals surface area contributed by atoms with Gasteiger partial charge in [-0.3, -0.25) is 0 Å². The molecule has 0 aliphatic carbocycles. The molecule has 0 nitrogen and oxygen atoms in total. The quantitative estimate of drug-likeness (QED) is 0.225. The molecule has 0 unspecified atom stereocenters. The van der Waals surface area contributed by atoms with Crippen molar-refractivity contribution in [3.8, 4) is 0 Å². The fourth-order valence-electron chi connectivity index (χ4n) is 2.61. The van der Waals surface area contributed by atoms with Crippen LogP contribution in [0.2, 0.25) is 0 Å². The summed E-state index contributed by atoms with van der Waals surface area (Å²) in [6.07, 6.45) is 0.750. The molecule has 0 fully saturated rings. The van der Waals surface area contributed by atoms with Crippen molar-refractivity contribution in [3.05, 3.63) is 97.8 Å². The number of hydrogen-bond donors (Lipinski definition) is 0. The first-order chi connectivity index (χ1) is 11.1. The maximum absolute atomic E-state index is 3.38. The van der Waals surface area contributed by atoms with E-state index in [2.05, 4.69) is 100 Å². The molecule has 0 saturated carbocycles. The van der Waals surface area contributed by atoms with Crippen molar-refractivity contribution in [2.24, 2.45) is 0 Å².